The number of urea groups is 1. The Morgan fingerprint density at radius 3 is 2.86 bits per heavy atom. The highest BCUT2D eigenvalue weighted by molar-refractivity contribution is 5.91. The fourth-order valence-corrected chi connectivity index (χ4v) is 2.21. The molecule has 0 saturated heterocycles. The van der Waals surface area contributed by atoms with Crippen LogP contribution in [-0.2, 0) is 15.9 Å². The van der Waals surface area contributed by atoms with Crippen molar-refractivity contribution in [2.45, 2.75) is 32.4 Å². The molecule has 1 atom stereocenters. The molecule has 0 bridgehead atoms. The highest BCUT2D eigenvalue weighted by atomic mass is 16.5. The lowest BCUT2D eigenvalue weighted by Gasteiger charge is -2.27. The van der Waals surface area contributed by atoms with Crippen LogP contribution < -0.4 is 16.3 Å². The van der Waals surface area contributed by atoms with E-state index in [1.165, 1.54) is 6.07 Å². The van der Waals surface area contributed by atoms with Crippen molar-refractivity contribution in [3.05, 3.63) is 27.6 Å². The second kappa shape index (κ2) is 7.24. The van der Waals surface area contributed by atoms with Gasteiger partial charge in [-0.3, -0.25) is 5.32 Å². The van der Waals surface area contributed by atoms with Crippen molar-refractivity contribution < 1.29 is 18.7 Å². The van der Waals surface area contributed by atoms with E-state index in [2.05, 4.69) is 17.6 Å². The number of rotatable bonds is 7. The lowest BCUT2D eigenvalue weighted by molar-refractivity contribution is 0.00321. The van der Waals surface area contributed by atoms with Crippen LogP contribution in [0.3, 0.4) is 0 Å². The van der Waals surface area contributed by atoms with Crippen LogP contribution in [0.25, 0.3) is 0 Å². The molecule has 116 valence electrons. The van der Waals surface area contributed by atoms with E-state index in [1.54, 1.807) is 7.11 Å². The number of unbranched alkanes of at least 4 members (excludes halogenated alkanes) is 1. The minimum absolute atomic E-state index is 0.166. The molecule has 1 aliphatic heterocycles. The maximum absolute atomic E-state index is 11.6. The van der Waals surface area contributed by atoms with Crippen molar-refractivity contribution in [2.75, 3.05) is 25.6 Å². The van der Waals surface area contributed by atoms with Crippen molar-refractivity contribution in [1.82, 2.24) is 5.32 Å². The summed E-state index contributed by atoms with van der Waals surface area (Å²) in [6.45, 7) is 2.81. The highest BCUT2D eigenvalue weighted by Gasteiger charge is 2.29. The van der Waals surface area contributed by atoms with Crippen LogP contribution >= 0.6 is 0 Å². The van der Waals surface area contributed by atoms with Crippen molar-refractivity contribution in [3.63, 3.8) is 0 Å². The minimum atomic E-state index is -0.639. The smallest absolute Gasteiger partial charge is 0.337 e. The molecule has 0 radical (unpaired) electrons. The molecule has 1 unspecified atom stereocenters. The monoisotopic (exact) mass is 296 g/mol. The van der Waals surface area contributed by atoms with E-state index in [4.69, 9.17) is 13.9 Å². The molecule has 1 aromatic heterocycles. The standard InChI is InChI=1S/C14H20N2O5/c1-3-4-5-9-8-10(17)21-13-11(9)12(15-14(18)16-13)20-7-6-19-2/h8,12H,3-7H2,1-2H3,(H2,15,16,18). The van der Waals surface area contributed by atoms with Crippen molar-refractivity contribution in [3.8, 4) is 0 Å². The predicted molar refractivity (Wildman–Crippen MR) is 76.3 cm³/mol. The van der Waals surface area contributed by atoms with E-state index >= 15 is 0 Å². The van der Waals surface area contributed by atoms with Crippen LogP contribution in [0.15, 0.2) is 15.3 Å². The van der Waals surface area contributed by atoms with E-state index in [-0.39, 0.29) is 5.88 Å². The second-order valence-electron chi connectivity index (χ2n) is 4.78. The Balaban J connectivity index is 2.31. The summed E-state index contributed by atoms with van der Waals surface area (Å²) in [5, 5.41) is 5.19. The van der Waals surface area contributed by atoms with Gasteiger partial charge in [-0.2, -0.15) is 0 Å². The normalized spacial score (nSPS) is 17.0. The van der Waals surface area contributed by atoms with Gasteiger partial charge in [-0.1, -0.05) is 13.3 Å². The SMILES string of the molecule is CCCCc1cc(=O)oc2c1C(OCCOC)NC(=O)N2. The van der Waals surface area contributed by atoms with E-state index in [0.29, 0.717) is 18.8 Å². The fourth-order valence-electron chi connectivity index (χ4n) is 2.21. The van der Waals surface area contributed by atoms with Gasteiger partial charge in [-0.15, -0.1) is 0 Å². The van der Waals surface area contributed by atoms with Gasteiger partial charge in [0.2, 0.25) is 5.88 Å². The third-order valence-corrected chi connectivity index (χ3v) is 3.21. The molecule has 0 saturated carbocycles. The van der Waals surface area contributed by atoms with E-state index in [9.17, 15) is 9.59 Å². The van der Waals surface area contributed by atoms with Crippen molar-refractivity contribution in [2.24, 2.45) is 0 Å². The van der Waals surface area contributed by atoms with Gasteiger partial charge in [0.15, 0.2) is 6.23 Å². The van der Waals surface area contributed by atoms with Crippen LogP contribution in [0, 0.1) is 0 Å². The summed E-state index contributed by atoms with van der Waals surface area (Å²) in [7, 11) is 1.57. The first-order chi connectivity index (χ1) is 10.2. The molecule has 0 fully saturated rings. The summed E-state index contributed by atoms with van der Waals surface area (Å²) >= 11 is 0. The Labute approximate surface area is 122 Å². The van der Waals surface area contributed by atoms with Crippen LogP contribution in [0.5, 0.6) is 0 Å². The molecule has 2 rings (SSSR count). The second-order valence-corrected chi connectivity index (χ2v) is 4.78. The summed E-state index contributed by atoms with van der Waals surface area (Å²) in [6.07, 6.45) is 2.03. The molecule has 1 aliphatic rings. The fraction of sp³-hybridized carbons (Fsp3) is 0.571. The number of fused-ring (bicyclic) bond motifs is 1. The first-order valence-electron chi connectivity index (χ1n) is 7.00. The Morgan fingerprint density at radius 1 is 1.33 bits per heavy atom. The molecule has 2 heterocycles. The summed E-state index contributed by atoms with van der Waals surface area (Å²) in [5.41, 5.74) is 1.04. The van der Waals surface area contributed by atoms with Gasteiger partial charge < -0.3 is 19.2 Å². The molecule has 1 aromatic rings. The molecule has 2 N–H and O–H groups in total. The quantitative estimate of drug-likeness (QED) is 0.749. The predicted octanol–water partition coefficient (Wildman–Crippen LogP) is 1.78. The zero-order chi connectivity index (χ0) is 15.2. The summed E-state index contributed by atoms with van der Waals surface area (Å²) in [6, 6.07) is 1.00. The number of nitrogens with one attached hydrogen (secondary N) is 2. The first kappa shape index (κ1) is 15.5. The summed E-state index contributed by atoms with van der Waals surface area (Å²) in [4.78, 5) is 23.2. The van der Waals surface area contributed by atoms with Crippen LogP contribution in [-0.4, -0.2) is 26.4 Å². The lowest BCUT2D eigenvalue weighted by atomic mass is 10.0. The number of carbonyl (C=O) groups excluding carboxylic acids is 1. The van der Waals surface area contributed by atoms with Gasteiger partial charge in [0.1, 0.15) is 0 Å². The lowest BCUT2D eigenvalue weighted by Crippen LogP contribution is -2.40. The van der Waals surface area contributed by atoms with E-state index < -0.39 is 17.9 Å². The number of hydrogen-bond acceptors (Lipinski definition) is 5. The average Bonchev–Trinajstić information content (AvgIpc) is 2.44. The Hall–Kier alpha value is -1.86. The first-order valence-corrected chi connectivity index (χ1v) is 7.00. The number of anilines is 1. The van der Waals surface area contributed by atoms with Gasteiger partial charge in [0, 0.05) is 13.2 Å². The minimum Gasteiger partial charge on any atom is -0.406 e. The molecule has 0 aliphatic carbocycles. The topological polar surface area (TPSA) is 89.8 Å². The van der Waals surface area contributed by atoms with E-state index in [1.807, 2.05) is 0 Å². The van der Waals surface area contributed by atoms with Crippen LogP contribution in [0.2, 0.25) is 0 Å². The zero-order valence-electron chi connectivity index (χ0n) is 12.2. The summed E-state index contributed by atoms with van der Waals surface area (Å²) in [5.74, 6) is 0.166. The third-order valence-electron chi connectivity index (χ3n) is 3.21. The Kier molecular flexibility index (Phi) is 5.35. The zero-order valence-corrected chi connectivity index (χ0v) is 12.2. The average molecular weight is 296 g/mol. The number of amides is 2. The molecule has 7 heteroatoms. The van der Waals surface area contributed by atoms with Gasteiger partial charge in [0.25, 0.3) is 0 Å². The number of hydrogen-bond donors (Lipinski definition) is 2. The summed E-state index contributed by atoms with van der Waals surface area (Å²) < 4.78 is 15.6. The molecular weight excluding hydrogens is 276 g/mol. The Bertz CT molecular complexity index is 555. The number of aryl methyl sites for hydroxylation is 1. The maximum Gasteiger partial charge on any atom is 0.337 e. The van der Waals surface area contributed by atoms with Gasteiger partial charge in [0.05, 0.1) is 18.8 Å². The number of methoxy groups -OCH3 is 1. The maximum atomic E-state index is 11.6. The van der Waals surface area contributed by atoms with Gasteiger partial charge in [-0.25, -0.2) is 9.59 Å². The largest absolute Gasteiger partial charge is 0.406 e. The molecule has 7 nitrogen and oxygen atoms in total. The molecular formula is C14H20N2O5. The highest BCUT2D eigenvalue weighted by Crippen LogP contribution is 2.30. The van der Waals surface area contributed by atoms with Crippen LogP contribution in [0.4, 0.5) is 10.7 Å². The molecule has 2 amide bonds. The molecule has 0 spiro atoms. The van der Waals surface area contributed by atoms with Gasteiger partial charge in [-0.05, 0) is 18.4 Å². The number of carbonyl (C=O) groups is 1. The van der Waals surface area contributed by atoms with Crippen LogP contribution in [0.1, 0.15) is 37.1 Å². The number of ether oxygens (including phenoxy) is 2. The molecule has 21 heavy (non-hydrogen) atoms. The van der Waals surface area contributed by atoms with Crippen molar-refractivity contribution in [1.29, 1.82) is 0 Å². The van der Waals surface area contributed by atoms with E-state index in [0.717, 1.165) is 24.8 Å². The molecule has 0 aromatic carbocycles. The third kappa shape index (κ3) is 3.83. The van der Waals surface area contributed by atoms with Gasteiger partial charge >= 0.3 is 11.7 Å². The van der Waals surface area contributed by atoms with Crippen molar-refractivity contribution >= 4 is 11.9 Å². The Morgan fingerprint density at radius 2 is 2.14 bits per heavy atom.